The average molecular weight is 368 g/mol. The monoisotopic (exact) mass is 368 g/mol. The summed E-state index contributed by atoms with van der Waals surface area (Å²) >= 11 is 0. The maximum Gasteiger partial charge on any atom is 0.419 e. The number of halogens is 3. The Balaban J connectivity index is 1.95. The zero-order chi connectivity index (χ0) is 19.2. The first-order chi connectivity index (χ1) is 12.1. The summed E-state index contributed by atoms with van der Waals surface area (Å²) in [6.07, 6.45) is -2.22. The van der Waals surface area contributed by atoms with Crippen LogP contribution in [0.2, 0.25) is 0 Å². The summed E-state index contributed by atoms with van der Waals surface area (Å²) in [6, 6.07) is 0. The zero-order valence-corrected chi connectivity index (χ0v) is 13.9. The number of nitrogens with zero attached hydrogens (tertiary/aromatic N) is 3. The molecule has 10 heteroatoms. The van der Waals surface area contributed by atoms with Gasteiger partial charge in [0.1, 0.15) is 11.3 Å². The van der Waals surface area contributed by atoms with Crippen molar-refractivity contribution in [2.75, 3.05) is 5.32 Å². The second kappa shape index (κ2) is 6.11. The van der Waals surface area contributed by atoms with Crippen molar-refractivity contribution >= 4 is 11.9 Å². The smallest absolute Gasteiger partial charge is 0.419 e. The number of alkyl halides is 3. The predicted octanol–water partition coefficient (Wildman–Crippen LogP) is 2.20. The standard InChI is InChI=1S/C16H15F3N4O3/c1-7-3-4-9-10(7)12(24)11(14(26)23(9)2)13(25)22-15-20-5-8(6-21-15)16(17,18)19/h5-7,24H,3-4H2,1-2H3,(H,20,21,22,25). The highest BCUT2D eigenvalue weighted by molar-refractivity contribution is 6.05. The van der Waals surface area contributed by atoms with E-state index in [0.717, 1.165) is 6.42 Å². The van der Waals surface area contributed by atoms with E-state index in [9.17, 15) is 27.9 Å². The quantitative estimate of drug-likeness (QED) is 0.847. The van der Waals surface area contributed by atoms with E-state index in [4.69, 9.17) is 0 Å². The predicted molar refractivity (Wildman–Crippen MR) is 85.1 cm³/mol. The number of amides is 1. The molecule has 3 rings (SSSR count). The number of aromatic nitrogens is 3. The SMILES string of the molecule is CC1CCc2c1c(O)c(C(=O)Nc1ncc(C(F)(F)F)cn1)c(=O)n2C. The number of rotatable bonds is 2. The second-order valence-electron chi connectivity index (χ2n) is 6.14. The van der Waals surface area contributed by atoms with Crippen LogP contribution in [-0.4, -0.2) is 25.5 Å². The number of aromatic hydroxyl groups is 1. The van der Waals surface area contributed by atoms with Gasteiger partial charge in [0.2, 0.25) is 5.95 Å². The zero-order valence-electron chi connectivity index (χ0n) is 13.9. The number of pyridine rings is 1. The van der Waals surface area contributed by atoms with Crippen molar-refractivity contribution in [1.29, 1.82) is 0 Å². The van der Waals surface area contributed by atoms with Gasteiger partial charge in [-0.1, -0.05) is 6.92 Å². The van der Waals surface area contributed by atoms with Crippen LogP contribution in [0.5, 0.6) is 5.75 Å². The minimum atomic E-state index is -4.60. The Hall–Kier alpha value is -2.91. The lowest BCUT2D eigenvalue weighted by Gasteiger charge is -2.15. The van der Waals surface area contributed by atoms with Crippen LogP contribution in [0.15, 0.2) is 17.2 Å². The van der Waals surface area contributed by atoms with E-state index in [1.165, 1.54) is 11.6 Å². The van der Waals surface area contributed by atoms with Crippen molar-refractivity contribution in [1.82, 2.24) is 14.5 Å². The molecule has 1 atom stereocenters. The summed E-state index contributed by atoms with van der Waals surface area (Å²) in [4.78, 5) is 31.7. The first-order valence-corrected chi connectivity index (χ1v) is 7.76. The molecule has 7 nitrogen and oxygen atoms in total. The van der Waals surface area contributed by atoms with Gasteiger partial charge in [0.05, 0.1) is 5.56 Å². The molecule has 2 N–H and O–H groups in total. The van der Waals surface area contributed by atoms with Gasteiger partial charge in [-0.15, -0.1) is 0 Å². The van der Waals surface area contributed by atoms with E-state index in [1.807, 2.05) is 6.92 Å². The summed E-state index contributed by atoms with van der Waals surface area (Å²) in [5.41, 5.74) is -1.04. The molecule has 1 unspecified atom stereocenters. The Morgan fingerprint density at radius 1 is 1.35 bits per heavy atom. The minimum Gasteiger partial charge on any atom is -0.507 e. The molecule has 0 saturated heterocycles. The molecular formula is C16H15F3N4O3. The van der Waals surface area contributed by atoms with E-state index in [-0.39, 0.29) is 5.92 Å². The maximum absolute atomic E-state index is 12.5. The molecule has 26 heavy (non-hydrogen) atoms. The fourth-order valence-corrected chi connectivity index (χ4v) is 3.07. The normalized spacial score (nSPS) is 16.4. The van der Waals surface area contributed by atoms with Gasteiger partial charge in [-0.25, -0.2) is 9.97 Å². The molecule has 2 aromatic heterocycles. The molecule has 0 aromatic carbocycles. The highest BCUT2D eigenvalue weighted by atomic mass is 19.4. The minimum absolute atomic E-state index is 0.0225. The lowest BCUT2D eigenvalue weighted by molar-refractivity contribution is -0.138. The van der Waals surface area contributed by atoms with Gasteiger partial charge in [0, 0.05) is 30.7 Å². The number of hydrogen-bond donors (Lipinski definition) is 2. The van der Waals surface area contributed by atoms with Crippen LogP contribution in [-0.2, 0) is 19.6 Å². The Bertz CT molecular complexity index is 936. The lowest BCUT2D eigenvalue weighted by Crippen LogP contribution is -2.30. The fourth-order valence-electron chi connectivity index (χ4n) is 3.07. The molecule has 0 bridgehead atoms. The molecule has 2 heterocycles. The van der Waals surface area contributed by atoms with Crippen molar-refractivity contribution < 1.29 is 23.1 Å². The highest BCUT2D eigenvalue weighted by Crippen LogP contribution is 2.39. The van der Waals surface area contributed by atoms with E-state index in [0.29, 0.717) is 30.1 Å². The van der Waals surface area contributed by atoms with Crippen molar-refractivity contribution in [3.63, 3.8) is 0 Å². The highest BCUT2D eigenvalue weighted by Gasteiger charge is 2.33. The number of hydrogen-bond acceptors (Lipinski definition) is 5. The molecular weight excluding hydrogens is 353 g/mol. The van der Waals surface area contributed by atoms with Crippen LogP contribution < -0.4 is 10.9 Å². The summed E-state index contributed by atoms with van der Waals surface area (Å²) in [5.74, 6) is -1.81. The molecule has 138 valence electrons. The summed E-state index contributed by atoms with van der Waals surface area (Å²) in [7, 11) is 1.50. The number of nitrogens with one attached hydrogen (secondary N) is 1. The van der Waals surface area contributed by atoms with Gasteiger partial charge in [-0.3, -0.25) is 14.9 Å². The van der Waals surface area contributed by atoms with Gasteiger partial charge in [-0.05, 0) is 18.8 Å². The van der Waals surface area contributed by atoms with Crippen molar-refractivity contribution in [2.45, 2.75) is 31.9 Å². The van der Waals surface area contributed by atoms with Crippen molar-refractivity contribution in [2.24, 2.45) is 7.05 Å². The number of anilines is 1. The average Bonchev–Trinajstić information content (AvgIpc) is 2.95. The second-order valence-corrected chi connectivity index (χ2v) is 6.14. The van der Waals surface area contributed by atoms with Crippen LogP contribution in [0.25, 0.3) is 0 Å². The van der Waals surface area contributed by atoms with Gasteiger partial charge in [-0.2, -0.15) is 13.2 Å². The molecule has 0 fully saturated rings. The summed E-state index contributed by atoms with van der Waals surface area (Å²) in [5, 5.41) is 12.6. The van der Waals surface area contributed by atoms with Crippen molar-refractivity contribution in [3.05, 3.63) is 45.1 Å². The first-order valence-electron chi connectivity index (χ1n) is 7.76. The van der Waals surface area contributed by atoms with Gasteiger partial charge < -0.3 is 9.67 Å². The maximum atomic E-state index is 12.5. The number of fused-ring (bicyclic) bond motifs is 1. The van der Waals surface area contributed by atoms with Crippen LogP contribution in [0.1, 0.15) is 46.4 Å². The molecule has 0 radical (unpaired) electrons. The first kappa shape index (κ1) is 17.9. The molecule has 1 aliphatic carbocycles. The Morgan fingerprint density at radius 2 is 1.96 bits per heavy atom. The third-order valence-electron chi connectivity index (χ3n) is 4.46. The molecule has 2 aromatic rings. The van der Waals surface area contributed by atoms with Crippen molar-refractivity contribution in [3.8, 4) is 5.75 Å². The third kappa shape index (κ3) is 2.91. The largest absolute Gasteiger partial charge is 0.507 e. The lowest BCUT2D eigenvalue weighted by atomic mass is 10.0. The van der Waals surface area contributed by atoms with Gasteiger partial charge in [0.15, 0.2) is 0 Å². The third-order valence-corrected chi connectivity index (χ3v) is 4.46. The Labute approximate surface area is 145 Å². The van der Waals surface area contributed by atoms with Gasteiger partial charge >= 0.3 is 6.18 Å². The van der Waals surface area contributed by atoms with Crippen LogP contribution in [0.4, 0.5) is 19.1 Å². The molecule has 1 amide bonds. The molecule has 0 spiro atoms. The number of carbonyl (C=O) groups is 1. The van der Waals surface area contributed by atoms with Crippen LogP contribution in [0, 0.1) is 0 Å². The summed E-state index contributed by atoms with van der Waals surface area (Å²) in [6.45, 7) is 1.87. The fraction of sp³-hybridized carbons (Fsp3) is 0.375. The van der Waals surface area contributed by atoms with E-state index >= 15 is 0 Å². The Morgan fingerprint density at radius 3 is 2.54 bits per heavy atom. The summed E-state index contributed by atoms with van der Waals surface area (Å²) < 4.78 is 38.9. The van der Waals surface area contributed by atoms with E-state index < -0.39 is 40.5 Å². The molecule has 0 saturated carbocycles. The van der Waals surface area contributed by atoms with Crippen LogP contribution >= 0.6 is 0 Å². The van der Waals surface area contributed by atoms with E-state index in [2.05, 4.69) is 15.3 Å². The Kier molecular flexibility index (Phi) is 4.21. The molecule has 0 aliphatic heterocycles. The molecule has 1 aliphatic rings. The topological polar surface area (TPSA) is 97.1 Å². The van der Waals surface area contributed by atoms with E-state index in [1.54, 1.807) is 0 Å². The number of carbonyl (C=O) groups excluding carboxylic acids is 1. The van der Waals surface area contributed by atoms with Crippen LogP contribution in [0.3, 0.4) is 0 Å². The van der Waals surface area contributed by atoms with Gasteiger partial charge in [0.25, 0.3) is 11.5 Å².